The first kappa shape index (κ1) is 19.1. The van der Waals surface area contributed by atoms with Gasteiger partial charge in [-0.15, -0.1) is 11.3 Å². The Bertz CT molecular complexity index is 836. The smallest absolute Gasteiger partial charge is 0.241 e. The Balaban J connectivity index is 2.03. The van der Waals surface area contributed by atoms with Gasteiger partial charge in [-0.25, -0.2) is 13.6 Å². The minimum Gasteiger partial charge on any atom is -0.325 e. The van der Waals surface area contributed by atoms with Crippen molar-refractivity contribution in [3.63, 3.8) is 0 Å². The number of thiophene rings is 1. The first-order chi connectivity index (χ1) is 11.2. The number of hydrogen-bond donors (Lipinski definition) is 2. The van der Waals surface area contributed by atoms with Crippen molar-refractivity contribution in [3.8, 4) is 0 Å². The lowest BCUT2D eigenvalue weighted by Crippen LogP contribution is -2.39. The second-order valence-corrected chi connectivity index (χ2v) is 9.47. The molecule has 1 aromatic heterocycles. The number of carbonyl (C=O) groups is 1. The highest BCUT2D eigenvalue weighted by Gasteiger charge is 2.19. The molecule has 0 spiro atoms. The lowest BCUT2D eigenvalue weighted by Gasteiger charge is -2.23. The van der Waals surface area contributed by atoms with Gasteiger partial charge >= 0.3 is 0 Å². The minimum absolute atomic E-state index is 0.0373. The summed E-state index contributed by atoms with van der Waals surface area (Å²) >= 11 is 5.03. The fraction of sp³-hybridized carbons (Fsp3) is 0.267. The van der Waals surface area contributed by atoms with Gasteiger partial charge in [0.05, 0.1) is 14.7 Å². The van der Waals surface area contributed by atoms with Gasteiger partial charge in [0, 0.05) is 17.1 Å². The quantitative estimate of drug-likeness (QED) is 0.734. The van der Waals surface area contributed by atoms with Crippen LogP contribution in [0.5, 0.6) is 0 Å². The summed E-state index contributed by atoms with van der Waals surface area (Å²) in [5, 5.41) is 7.82. The summed E-state index contributed by atoms with van der Waals surface area (Å²) in [5.41, 5.74) is 0.394. The normalized spacial score (nSPS) is 13.0. The zero-order valence-electron chi connectivity index (χ0n) is 13.2. The van der Waals surface area contributed by atoms with Gasteiger partial charge in [-0.2, -0.15) is 0 Å². The molecule has 0 aliphatic heterocycles. The molecule has 1 amide bonds. The van der Waals surface area contributed by atoms with E-state index in [0.29, 0.717) is 12.2 Å². The van der Waals surface area contributed by atoms with E-state index < -0.39 is 10.0 Å². The molecule has 0 aliphatic rings. The maximum absolute atomic E-state index is 12.4. The number of halogens is 1. The molecule has 1 heterocycles. The Morgan fingerprint density at radius 3 is 2.67 bits per heavy atom. The molecule has 1 aromatic carbocycles. The molecule has 2 aromatic rings. The zero-order valence-corrected chi connectivity index (χ0v) is 16.4. The van der Waals surface area contributed by atoms with Crippen LogP contribution in [0.3, 0.4) is 0 Å². The van der Waals surface area contributed by atoms with E-state index in [1.807, 2.05) is 24.1 Å². The van der Waals surface area contributed by atoms with Crippen LogP contribution in [-0.4, -0.2) is 32.3 Å². The third kappa shape index (κ3) is 5.12. The van der Waals surface area contributed by atoms with Gasteiger partial charge in [-0.05, 0) is 60.2 Å². The molecule has 0 radical (unpaired) electrons. The molecule has 0 saturated heterocycles. The van der Waals surface area contributed by atoms with Crippen molar-refractivity contribution in [1.82, 2.24) is 4.90 Å². The second kappa shape index (κ2) is 7.75. The number of carbonyl (C=O) groups excluding carboxylic acids is 1. The van der Waals surface area contributed by atoms with Crippen molar-refractivity contribution in [1.29, 1.82) is 0 Å². The van der Waals surface area contributed by atoms with E-state index in [0.717, 1.165) is 8.66 Å². The molecular weight excluding hydrogens is 414 g/mol. The predicted octanol–water partition coefficient (Wildman–Crippen LogP) is 2.62. The number of likely N-dealkylation sites (N-methyl/N-ethyl adjacent to an activating group) is 1. The average Bonchev–Trinajstić information content (AvgIpc) is 2.90. The van der Waals surface area contributed by atoms with Gasteiger partial charge in [0.2, 0.25) is 15.9 Å². The molecule has 9 heteroatoms. The molecule has 3 N–H and O–H groups in total. The fourth-order valence-electron chi connectivity index (χ4n) is 2.02. The van der Waals surface area contributed by atoms with Crippen LogP contribution in [0.1, 0.15) is 11.8 Å². The summed E-state index contributed by atoms with van der Waals surface area (Å²) < 4.78 is 23.8. The van der Waals surface area contributed by atoms with E-state index in [2.05, 4.69) is 21.2 Å². The number of nitrogens with two attached hydrogens (primary N) is 1. The zero-order chi connectivity index (χ0) is 17.9. The Morgan fingerprint density at radius 2 is 2.08 bits per heavy atom. The van der Waals surface area contributed by atoms with E-state index in [1.165, 1.54) is 18.2 Å². The number of amides is 1. The van der Waals surface area contributed by atoms with E-state index >= 15 is 0 Å². The van der Waals surface area contributed by atoms with Crippen molar-refractivity contribution >= 4 is 48.9 Å². The number of primary sulfonamides is 1. The number of nitrogens with one attached hydrogen (secondary N) is 1. The highest BCUT2D eigenvalue weighted by molar-refractivity contribution is 9.11. The van der Waals surface area contributed by atoms with Crippen molar-refractivity contribution in [2.45, 2.75) is 24.4 Å². The Hall–Kier alpha value is -1.26. The molecule has 1 unspecified atom stereocenters. The van der Waals surface area contributed by atoms with Crippen LogP contribution in [0, 0.1) is 0 Å². The monoisotopic (exact) mass is 431 g/mol. The van der Waals surface area contributed by atoms with Gasteiger partial charge < -0.3 is 5.32 Å². The standard InChI is InChI=1S/C15H18BrN3O3S2/c1-10(19(2)9-12-6-7-14(16)23-12)15(20)18-11-4-3-5-13(8-11)24(17,21)22/h3-8,10H,9H2,1-2H3,(H,18,20)(H2,17,21,22). The SMILES string of the molecule is CC(C(=O)Nc1cccc(S(N)(=O)=O)c1)N(C)Cc1ccc(Br)s1. The Labute approximate surface area is 153 Å². The lowest BCUT2D eigenvalue weighted by molar-refractivity contribution is -0.120. The Kier molecular flexibility index (Phi) is 6.16. The number of hydrogen-bond acceptors (Lipinski definition) is 5. The number of rotatable bonds is 6. The predicted molar refractivity (Wildman–Crippen MR) is 99.4 cm³/mol. The average molecular weight is 432 g/mol. The van der Waals surface area contributed by atoms with Crippen molar-refractivity contribution in [3.05, 3.63) is 45.1 Å². The van der Waals surface area contributed by atoms with E-state index in [1.54, 1.807) is 24.3 Å². The summed E-state index contributed by atoms with van der Waals surface area (Å²) in [6, 6.07) is 9.47. The van der Waals surface area contributed by atoms with Crippen molar-refractivity contribution < 1.29 is 13.2 Å². The number of benzene rings is 1. The summed E-state index contributed by atoms with van der Waals surface area (Å²) in [6.45, 7) is 2.43. The molecule has 0 fully saturated rings. The van der Waals surface area contributed by atoms with Crippen LogP contribution in [0.4, 0.5) is 5.69 Å². The third-order valence-electron chi connectivity index (χ3n) is 3.50. The fourth-order valence-corrected chi connectivity index (χ4v) is 4.12. The summed E-state index contributed by atoms with van der Waals surface area (Å²) in [6.07, 6.45) is 0. The highest BCUT2D eigenvalue weighted by Crippen LogP contribution is 2.23. The summed E-state index contributed by atoms with van der Waals surface area (Å²) in [7, 11) is -1.94. The van der Waals surface area contributed by atoms with Crippen LogP contribution in [0.25, 0.3) is 0 Å². The van der Waals surface area contributed by atoms with E-state index in [9.17, 15) is 13.2 Å². The molecule has 0 aliphatic carbocycles. The van der Waals surface area contributed by atoms with Gasteiger partial charge in [-0.1, -0.05) is 6.07 Å². The van der Waals surface area contributed by atoms with Crippen LogP contribution in [0.2, 0.25) is 0 Å². The molecule has 130 valence electrons. The Morgan fingerprint density at radius 1 is 1.38 bits per heavy atom. The van der Waals surface area contributed by atoms with E-state index in [-0.39, 0.29) is 16.8 Å². The van der Waals surface area contributed by atoms with Crippen LogP contribution in [0.15, 0.2) is 45.1 Å². The van der Waals surface area contributed by atoms with Crippen molar-refractivity contribution in [2.75, 3.05) is 12.4 Å². The van der Waals surface area contributed by atoms with E-state index in [4.69, 9.17) is 5.14 Å². The topological polar surface area (TPSA) is 92.5 Å². The molecule has 6 nitrogen and oxygen atoms in total. The largest absolute Gasteiger partial charge is 0.325 e. The highest BCUT2D eigenvalue weighted by atomic mass is 79.9. The van der Waals surface area contributed by atoms with Gasteiger partial charge in [0.1, 0.15) is 0 Å². The first-order valence-electron chi connectivity index (χ1n) is 7.05. The molecule has 2 rings (SSSR count). The van der Waals surface area contributed by atoms with Gasteiger partial charge in [0.15, 0.2) is 0 Å². The minimum atomic E-state index is -3.80. The molecular formula is C15H18BrN3O3S2. The molecule has 0 saturated carbocycles. The number of nitrogens with zero attached hydrogens (tertiary/aromatic N) is 1. The maximum atomic E-state index is 12.4. The number of anilines is 1. The van der Waals surface area contributed by atoms with Crippen LogP contribution in [-0.2, 0) is 21.4 Å². The third-order valence-corrected chi connectivity index (χ3v) is 6.02. The summed E-state index contributed by atoms with van der Waals surface area (Å²) in [5.74, 6) is -0.223. The first-order valence-corrected chi connectivity index (χ1v) is 10.2. The molecule has 1 atom stereocenters. The van der Waals surface area contributed by atoms with Crippen molar-refractivity contribution in [2.24, 2.45) is 5.14 Å². The van der Waals surface area contributed by atoms with Crippen LogP contribution >= 0.6 is 27.3 Å². The lowest BCUT2D eigenvalue weighted by atomic mass is 10.2. The molecule has 24 heavy (non-hydrogen) atoms. The molecule has 0 bridgehead atoms. The van der Waals surface area contributed by atoms with Crippen LogP contribution < -0.4 is 10.5 Å². The summed E-state index contributed by atoms with van der Waals surface area (Å²) in [4.78, 5) is 15.4. The van der Waals surface area contributed by atoms with Gasteiger partial charge in [0.25, 0.3) is 0 Å². The van der Waals surface area contributed by atoms with Gasteiger partial charge in [-0.3, -0.25) is 9.69 Å². The number of sulfonamides is 1. The maximum Gasteiger partial charge on any atom is 0.241 e. The second-order valence-electron chi connectivity index (χ2n) is 5.36.